The van der Waals surface area contributed by atoms with Crippen molar-refractivity contribution in [1.29, 1.82) is 0 Å². The highest BCUT2D eigenvalue weighted by Gasteiger charge is 2.28. The van der Waals surface area contributed by atoms with Gasteiger partial charge in [0.15, 0.2) is 6.61 Å². The zero-order chi connectivity index (χ0) is 23.2. The van der Waals surface area contributed by atoms with Gasteiger partial charge in [0.05, 0.1) is 6.04 Å². The normalized spacial score (nSPS) is 16.4. The number of hydrogen-bond acceptors (Lipinski definition) is 6. The summed E-state index contributed by atoms with van der Waals surface area (Å²) in [7, 11) is 0. The van der Waals surface area contributed by atoms with Crippen LogP contribution in [0.15, 0.2) is 59.1 Å². The lowest BCUT2D eigenvalue weighted by Gasteiger charge is -2.36. The Morgan fingerprint density at radius 1 is 1.03 bits per heavy atom. The minimum absolute atomic E-state index is 0.00845. The summed E-state index contributed by atoms with van der Waals surface area (Å²) in [4.78, 5) is 21.5. The average molecular weight is 449 g/mol. The molecule has 1 aliphatic heterocycles. The van der Waals surface area contributed by atoms with E-state index in [1.807, 2.05) is 53.4 Å². The van der Waals surface area contributed by atoms with Crippen molar-refractivity contribution in [2.75, 3.05) is 32.8 Å². The molecule has 2 unspecified atom stereocenters. The van der Waals surface area contributed by atoms with E-state index >= 15 is 0 Å². The van der Waals surface area contributed by atoms with Crippen LogP contribution in [0.3, 0.4) is 0 Å². The SMILES string of the molecule is CCC(C)c1ccccc1OCC(=O)N1CCN(C(C)c2nc(-c3ccccc3)no2)CC1. The smallest absolute Gasteiger partial charge is 0.260 e. The molecule has 2 heterocycles. The predicted octanol–water partition coefficient (Wildman–Crippen LogP) is 4.53. The van der Waals surface area contributed by atoms with Crippen molar-refractivity contribution >= 4 is 5.91 Å². The lowest BCUT2D eigenvalue weighted by molar-refractivity contribution is -0.135. The first-order valence-electron chi connectivity index (χ1n) is 11.7. The molecule has 3 aromatic rings. The molecule has 2 atom stereocenters. The lowest BCUT2D eigenvalue weighted by atomic mass is 9.98. The minimum Gasteiger partial charge on any atom is -0.483 e. The van der Waals surface area contributed by atoms with Crippen LogP contribution in [-0.4, -0.2) is 58.6 Å². The van der Waals surface area contributed by atoms with Crippen LogP contribution in [0.2, 0.25) is 0 Å². The van der Waals surface area contributed by atoms with E-state index in [1.165, 1.54) is 0 Å². The molecule has 1 aromatic heterocycles. The standard InChI is InChI=1S/C26H32N4O3/c1-4-19(2)22-12-8-9-13-23(22)32-18-24(31)30-16-14-29(15-17-30)20(3)26-27-25(28-33-26)21-10-6-5-7-11-21/h5-13,19-20H,4,14-18H2,1-3H3. The number of amides is 1. The van der Waals surface area contributed by atoms with Crippen molar-refractivity contribution in [3.05, 3.63) is 66.1 Å². The molecule has 1 saturated heterocycles. The molecule has 1 fully saturated rings. The third kappa shape index (κ3) is 5.42. The lowest BCUT2D eigenvalue weighted by Crippen LogP contribution is -2.50. The topological polar surface area (TPSA) is 71.7 Å². The second-order valence-corrected chi connectivity index (χ2v) is 8.55. The Kier molecular flexibility index (Phi) is 7.40. The number of para-hydroxylation sites is 1. The maximum atomic E-state index is 12.8. The average Bonchev–Trinajstić information content (AvgIpc) is 3.37. The van der Waals surface area contributed by atoms with E-state index in [-0.39, 0.29) is 18.6 Å². The van der Waals surface area contributed by atoms with Gasteiger partial charge >= 0.3 is 0 Å². The van der Waals surface area contributed by atoms with Gasteiger partial charge in [-0.2, -0.15) is 4.98 Å². The van der Waals surface area contributed by atoms with E-state index in [0.29, 0.717) is 30.7 Å². The molecule has 0 N–H and O–H groups in total. The molecule has 0 bridgehead atoms. The fraction of sp³-hybridized carbons (Fsp3) is 0.423. The van der Waals surface area contributed by atoms with Gasteiger partial charge in [0.2, 0.25) is 11.7 Å². The Hall–Kier alpha value is -3.19. The Bertz CT molecular complexity index is 1040. The fourth-order valence-electron chi connectivity index (χ4n) is 4.09. The molecule has 0 aliphatic carbocycles. The van der Waals surface area contributed by atoms with Gasteiger partial charge in [0, 0.05) is 31.7 Å². The number of rotatable bonds is 8. The number of benzene rings is 2. The summed E-state index contributed by atoms with van der Waals surface area (Å²) in [5.41, 5.74) is 2.09. The van der Waals surface area contributed by atoms with Gasteiger partial charge in [0.25, 0.3) is 5.91 Å². The van der Waals surface area contributed by atoms with E-state index in [0.717, 1.165) is 36.4 Å². The summed E-state index contributed by atoms with van der Waals surface area (Å²) in [6.07, 6.45) is 1.03. The molecule has 0 radical (unpaired) electrons. The molecule has 33 heavy (non-hydrogen) atoms. The molecule has 4 rings (SSSR count). The van der Waals surface area contributed by atoms with E-state index < -0.39 is 0 Å². The highest BCUT2D eigenvalue weighted by atomic mass is 16.5. The van der Waals surface area contributed by atoms with Gasteiger partial charge in [-0.1, -0.05) is 67.5 Å². The van der Waals surface area contributed by atoms with Crippen LogP contribution in [-0.2, 0) is 4.79 Å². The van der Waals surface area contributed by atoms with E-state index in [2.05, 4.69) is 41.9 Å². The van der Waals surface area contributed by atoms with Crippen molar-refractivity contribution in [2.24, 2.45) is 0 Å². The third-order valence-electron chi connectivity index (χ3n) is 6.46. The van der Waals surface area contributed by atoms with Crippen LogP contribution in [0.5, 0.6) is 5.75 Å². The van der Waals surface area contributed by atoms with Gasteiger partial charge in [-0.3, -0.25) is 9.69 Å². The third-order valence-corrected chi connectivity index (χ3v) is 6.46. The Morgan fingerprint density at radius 2 is 1.73 bits per heavy atom. The van der Waals surface area contributed by atoms with Gasteiger partial charge < -0.3 is 14.2 Å². The van der Waals surface area contributed by atoms with E-state index in [4.69, 9.17) is 9.26 Å². The van der Waals surface area contributed by atoms with Crippen molar-refractivity contribution in [3.63, 3.8) is 0 Å². The number of hydrogen-bond donors (Lipinski definition) is 0. The Morgan fingerprint density at radius 3 is 2.45 bits per heavy atom. The molecule has 1 aliphatic rings. The summed E-state index contributed by atoms with van der Waals surface area (Å²) < 4.78 is 11.5. The van der Waals surface area contributed by atoms with Crippen LogP contribution in [0.4, 0.5) is 0 Å². The van der Waals surface area contributed by atoms with Gasteiger partial charge in [-0.05, 0) is 30.9 Å². The van der Waals surface area contributed by atoms with Crippen molar-refractivity contribution < 1.29 is 14.1 Å². The molecule has 174 valence electrons. The fourth-order valence-corrected chi connectivity index (χ4v) is 4.09. The number of aromatic nitrogens is 2. The number of nitrogens with zero attached hydrogens (tertiary/aromatic N) is 4. The first-order chi connectivity index (χ1) is 16.1. The Labute approximate surface area is 195 Å². The molecular weight excluding hydrogens is 416 g/mol. The van der Waals surface area contributed by atoms with Crippen molar-refractivity contribution in [2.45, 2.75) is 39.2 Å². The number of carbonyl (C=O) groups is 1. The second kappa shape index (κ2) is 10.6. The van der Waals surface area contributed by atoms with E-state index in [1.54, 1.807) is 0 Å². The van der Waals surface area contributed by atoms with Gasteiger partial charge in [-0.25, -0.2) is 0 Å². The minimum atomic E-state index is -0.00845. The number of ether oxygens (including phenoxy) is 1. The zero-order valence-corrected chi connectivity index (χ0v) is 19.6. The number of piperazine rings is 1. The summed E-state index contributed by atoms with van der Waals surface area (Å²) >= 11 is 0. The second-order valence-electron chi connectivity index (χ2n) is 8.55. The Balaban J connectivity index is 1.29. The molecule has 7 heteroatoms. The molecule has 2 aromatic carbocycles. The zero-order valence-electron chi connectivity index (χ0n) is 19.6. The molecule has 0 saturated carbocycles. The van der Waals surface area contributed by atoms with E-state index in [9.17, 15) is 4.79 Å². The van der Waals surface area contributed by atoms with Crippen LogP contribution < -0.4 is 4.74 Å². The summed E-state index contributed by atoms with van der Waals surface area (Å²) in [6.45, 7) is 9.26. The van der Waals surface area contributed by atoms with Gasteiger partial charge in [-0.15, -0.1) is 0 Å². The first kappa shape index (κ1) is 23.0. The van der Waals surface area contributed by atoms with Crippen LogP contribution in [0.1, 0.15) is 50.6 Å². The van der Waals surface area contributed by atoms with Crippen LogP contribution in [0, 0.1) is 0 Å². The van der Waals surface area contributed by atoms with Crippen molar-refractivity contribution in [3.8, 4) is 17.1 Å². The molecule has 0 spiro atoms. The highest BCUT2D eigenvalue weighted by Crippen LogP contribution is 2.28. The summed E-state index contributed by atoms with van der Waals surface area (Å²) in [5.74, 6) is 2.41. The molecule has 7 nitrogen and oxygen atoms in total. The molecule has 1 amide bonds. The maximum Gasteiger partial charge on any atom is 0.260 e. The first-order valence-corrected chi connectivity index (χ1v) is 11.7. The number of carbonyl (C=O) groups excluding carboxylic acids is 1. The quantitative estimate of drug-likeness (QED) is 0.504. The highest BCUT2D eigenvalue weighted by molar-refractivity contribution is 5.78. The molecular formula is C26H32N4O3. The van der Waals surface area contributed by atoms with Crippen LogP contribution in [0.25, 0.3) is 11.4 Å². The summed E-state index contributed by atoms with van der Waals surface area (Å²) in [5, 5.41) is 4.13. The van der Waals surface area contributed by atoms with Crippen molar-refractivity contribution in [1.82, 2.24) is 19.9 Å². The maximum absolute atomic E-state index is 12.8. The summed E-state index contributed by atoms with van der Waals surface area (Å²) in [6, 6.07) is 17.8. The van der Waals surface area contributed by atoms with Crippen LogP contribution >= 0.6 is 0 Å². The monoisotopic (exact) mass is 448 g/mol. The van der Waals surface area contributed by atoms with Gasteiger partial charge in [0.1, 0.15) is 5.75 Å². The predicted molar refractivity (Wildman–Crippen MR) is 127 cm³/mol. The largest absolute Gasteiger partial charge is 0.483 e.